The van der Waals surface area contributed by atoms with Crippen LogP contribution in [0.5, 0.6) is 0 Å². The highest BCUT2D eigenvalue weighted by molar-refractivity contribution is 7.14. The zero-order valence-electron chi connectivity index (χ0n) is 10.8. The molecule has 0 aliphatic heterocycles. The SMILES string of the molecule is Nc1csc(NN=Cc2cc(F)ccc2-n2cccn2)n1. The minimum Gasteiger partial charge on any atom is -0.383 e. The molecule has 3 N–H and O–H groups in total. The maximum atomic E-state index is 13.4. The molecular formula is C13H11FN6S. The summed E-state index contributed by atoms with van der Waals surface area (Å²) in [7, 11) is 0. The van der Waals surface area contributed by atoms with Crippen molar-refractivity contribution in [2.24, 2.45) is 5.10 Å². The summed E-state index contributed by atoms with van der Waals surface area (Å²) in [5.74, 6) is 0.0894. The van der Waals surface area contributed by atoms with Gasteiger partial charge in [0.25, 0.3) is 0 Å². The Kier molecular flexibility index (Phi) is 3.61. The van der Waals surface area contributed by atoms with E-state index in [1.165, 1.54) is 29.7 Å². The molecule has 2 heterocycles. The molecular weight excluding hydrogens is 291 g/mol. The van der Waals surface area contributed by atoms with E-state index in [1.807, 2.05) is 0 Å². The number of halogens is 1. The van der Waals surface area contributed by atoms with E-state index in [4.69, 9.17) is 5.73 Å². The van der Waals surface area contributed by atoms with Gasteiger partial charge in [-0.05, 0) is 24.3 Å². The number of rotatable bonds is 4. The Labute approximate surface area is 123 Å². The number of hydrogen-bond acceptors (Lipinski definition) is 6. The smallest absolute Gasteiger partial charge is 0.205 e. The maximum absolute atomic E-state index is 13.4. The van der Waals surface area contributed by atoms with Crippen molar-refractivity contribution in [1.82, 2.24) is 14.8 Å². The summed E-state index contributed by atoms with van der Waals surface area (Å²) >= 11 is 1.34. The van der Waals surface area contributed by atoms with Crippen LogP contribution in [-0.4, -0.2) is 21.0 Å². The highest BCUT2D eigenvalue weighted by Crippen LogP contribution is 2.17. The molecule has 0 amide bonds. The van der Waals surface area contributed by atoms with Gasteiger partial charge in [0.05, 0.1) is 11.9 Å². The van der Waals surface area contributed by atoms with Crippen LogP contribution in [0.3, 0.4) is 0 Å². The van der Waals surface area contributed by atoms with Gasteiger partial charge in [0.1, 0.15) is 11.6 Å². The summed E-state index contributed by atoms with van der Waals surface area (Å²) in [6.45, 7) is 0. The lowest BCUT2D eigenvalue weighted by molar-refractivity contribution is 0.626. The molecule has 2 aromatic heterocycles. The number of nitrogens with one attached hydrogen (secondary N) is 1. The maximum Gasteiger partial charge on any atom is 0.205 e. The average Bonchev–Trinajstić information content (AvgIpc) is 3.11. The van der Waals surface area contributed by atoms with Crippen molar-refractivity contribution < 1.29 is 4.39 Å². The lowest BCUT2D eigenvalue weighted by Crippen LogP contribution is -2.01. The number of thiazole rings is 1. The van der Waals surface area contributed by atoms with Crippen molar-refractivity contribution in [2.75, 3.05) is 11.2 Å². The fourth-order valence-electron chi connectivity index (χ4n) is 1.74. The van der Waals surface area contributed by atoms with Crippen molar-refractivity contribution >= 4 is 28.5 Å². The lowest BCUT2D eigenvalue weighted by atomic mass is 10.2. The highest BCUT2D eigenvalue weighted by atomic mass is 32.1. The minimum absolute atomic E-state index is 0.342. The Morgan fingerprint density at radius 3 is 3.05 bits per heavy atom. The van der Waals surface area contributed by atoms with Crippen LogP contribution in [0.25, 0.3) is 5.69 Å². The van der Waals surface area contributed by atoms with Crippen LogP contribution in [0.2, 0.25) is 0 Å². The van der Waals surface area contributed by atoms with Gasteiger partial charge in [-0.3, -0.25) is 5.43 Å². The van der Waals surface area contributed by atoms with E-state index in [1.54, 1.807) is 34.6 Å². The van der Waals surface area contributed by atoms with Crippen LogP contribution in [0.15, 0.2) is 47.1 Å². The summed E-state index contributed by atoms with van der Waals surface area (Å²) in [4.78, 5) is 4.01. The predicted molar refractivity (Wildman–Crippen MR) is 81.3 cm³/mol. The van der Waals surface area contributed by atoms with Crippen molar-refractivity contribution in [3.8, 4) is 5.69 Å². The second-order valence-electron chi connectivity index (χ2n) is 4.10. The molecule has 3 rings (SSSR count). The van der Waals surface area contributed by atoms with Crippen LogP contribution in [0, 0.1) is 5.82 Å². The Morgan fingerprint density at radius 2 is 2.33 bits per heavy atom. The zero-order valence-corrected chi connectivity index (χ0v) is 11.6. The second kappa shape index (κ2) is 5.71. The molecule has 0 atom stereocenters. The van der Waals surface area contributed by atoms with Crippen molar-refractivity contribution in [1.29, 1.82) is 0 Å². The van der Waals surface area contributed by atoms with Crippen LogP contribution >= 0.6 is 11.3 Å². The van der Waals surface area contributed by atoms with Crippen LogP contribution < -0.4 is 11.2 Å². The van der Waals surface area contributed by atoms with E-state index in [-0.39, 0.29) is 5.82 Å². The number of nitrogens with two attached hydrogens (primary N) is 1. The summed E-state index contributed by atoms with van der Waals surface area (Å²) in [5, 5.41) is 10.5. The molecule has 0 radical (unpaired) electrons. The van der Waals surface area contributed by atoms with E-state index in [0.29, 0.717) is 16.5 Å². The molecule has 6 nitrogen and oxygen atoms in total. The second-order valence-corrected chi connectivity index (χ2v) is 4.96. The first-order chi connectivity index (χ1) is 10.2. The number of benzene rings is 1. The van der Waals surface area contributed by atoms with Gasteiger partial charge in [0.2, 0.25) is 5.13 Å². The molecule has 21 heavy (non-hydrogen) atoms. The van der Waals surface area contributed by atoms with Gasteiger partial charge in [-0.2, -0.15) is 10.2 Å². The van der Waals surface area contributed by atoms with Gasteiger partial charge in [0, 0.05) is 23.3 Å². The monoisotopic (exact) mass is 302 g/mol. The molecule has 0 bridgehead atoms. The summed E-state index contributed by atoms with van der Waals surface area (Å²) < 4.78 is 15.0. The molecule has 3 aromatic rings. The van der Waals surface area contributed by atoms with Gasteiger partial charge in [-0.1, -0.05) is 0 Å². The zero-order chi connectivity index (χ0) is 14.7. The topological polar surface area (TPSA) is 81.1 Å². The Balaban J connectivity index is 1.85. The quantitative estimate of drug-likeness (QED) is 0.573. The van der Waals surface area contributed by atoms with Crippen molar-refractivity contribution in [3.63, 3.8) is 0 Å². The van der Waals surface area contributed by atoms with Crippen molar-refractivity contribution in [3.05, 3.63) is 53.4 Å². The molecule has 0 saturated carbocycles. The Hall–Kier alpha value is -2.74. The van der Waals surface area contributed by atoms with Crippen molar-refractivity contribution in [2.45, 2.75) is 0 Å². The number of nitrogens with zero attached hydrogens (tertiary/aromatic N) is 4. The van der Waals surface area contributed by atoms with E-state index in [0.717, 1.165) is 5.69 Å². The van der Waals surface area contributed by atoms with Gasteiger partial charge in [-0.25, -0.2) is 14.1 Å². The van der Waals surface area contributed by atoms with Crippen LogP contribution in [0.1, 0.15) is 5.56 Å². The molecule has 0 spiro atoms. The highest BCUT2D eigenvalue weighted by Gasteiger charge is 2.05. The van der Waals surface area contributed by atoms with E-state index in [2.05, 4.69) is 20.6 Å². The van der Waals surface area contributed by atoms with E-state index < -0.39 is 0 Å². The third-order valence-electron chi connectivity index (χ3n) is 2.63. The van der Waals surface area contributed by atoms with Gasteiger partial charge in [-0.15, -0.1) is 11.3 Å². The number of nitrogen functional groups attached to an aromatic ring is 1. The average molecular weight is 302 g/mol. The lowest BCUT2D eigenvalue weighted by Gasteiger charge is -2.05. The van der Waals surface area contributed by atoms with E-state index in [9.17, 15) is 4.39 Å². The summed E-state index contributed by atoms with van der Waals surface area (Å²) in [5.41, 5.74) is 9.59. The molecule has 1 aromatic carbocycles. The number of hydrogen-bond donors (Lipinski definition) is 2. The molecule has 0 unspecified atom stereocenters. The van der Waals surface area contributed by atoms with Crippen LogP contribution in [-0.2, 0) is 0 Å². The number of anilines is 2. The Bertz CT molecular complexity index is 765. The molecule has 0 aliphatic rings. The standard InChI is InChI=1S/C13H11FN6S/c14-10-2-3-11(20-5-1-4-17-20)9(6-10)7-16-19-13-18-12(15)8-21-13/h1-8H,15H2,(H,18,19). The summed E-state index contributed by atoms with van der Waals surface area (Å²) in [6.07, 6.45) is 4.94. The predicted octanol–water partition coefficient (Wildman–Crippen LogP) is 2.50. The largest absolute Gasteiger partial charge is 0.383 e. The third-order valence-corrected chi connectivity index (χ3v) is 3.39. The minimum atomic E-state index is -0.342. The van der Waals surface area contributed by atoms with Gasteiger partial charge >= 0.3 is 0 Å². The Morgan fingerprint density at radius 1 is 1.43 bits per heavy atom. The fourth-order valence-corrected chi connectivity index (χ4v) is 2.29. The molecule has 0 fully saturated rings. The van der Waals surface area contributed by atoms with E-state index >= 15 is 0 Å². The van der Waals surface area contributed by atoms with Gasteiger partial charge in [0.15, 0.2) is 0 Å². The first-order valence-corrected chi connectivity index (χ1v) is 6.90. The number of hydrazone groups is 1. The molecule has 8 heteroatoms. The van der Waals surface area contributed by atoms with Gasteiger partial charge < -0.3 is 5.73 Å². The normalized spacial score (nSPS) is 11.1. The first kappa shape index (κ1) is 13.3. The summed E-state index contributed by atoms with van der Waals surface area (Å²) in [6, 6.07) is 6.20. The third kappa shape index (κ3) is 3.06. The number of aromatic nitrogens is 3. The molecule has 106 valence electrons. The molecule has 0 aliphatic carbocycles. The molecule has 0 saturated heterocycles. The van der Waals surface area contributed by atoms with Crippen LogP contribution in [0.4, 0.5) is 15.3 Å². The first-order valence-electron chi connectivity index (χ1n) is 6.02. The fraction of sp³-hybridized carbons (Fsp3) is 0.